The average molecular weight is 319 g/mol. The second kappa shape index (κ2) is 8.55. The van der Waals surface area contributed by atoms with Crippen LogP contribution in [0, 0.1) is 11.8 Å². The van der Waals surface area contributed by atoms with Crippen molar-refractivity contribution in [2.24, 2.45) is 11.8 Å². The Morgan fingerprint density at radius 3 is 2.43 bits per heavy atom. The lowest BCUT2D eigenvalue weighted by Gasteiger charge is -2.35. The molecule has 23 heavy (non-hydrogen) atoms. The minimum Gasteiger partial charge on any atom is -0.497 e. The molecule has 0 unspecified atom stereocenters. The van der Waals surface area contributed by atoms with Crippen LogP contribution in [0.4, 0.5) is 0 Å². The van der Waals surface area contributed by atoms with Gasteiger partial charge in [0.25, 0.3) is 0 Å². The SMILES string of the molecule is COc1ccc(OCC2CCN(C[C@@H]3CCCOC3)CC2)cc1. The molecule has 3 rings (SSSR count). The van der Waals surface area contributed by atoms with E-state index in [4.69, 9.17) is 14.2 Å². The summed E-state index contributed by atoms with van der Waals surface area (Å²) in [6, 6.07) is 7.86. The van der Waals surface area contributed by atoms with Crippen molar-refractivity contribution in [1.29, 1.82) is 0 Å². The maximum Gasteiger partial charge on any atom is 0.119 e. The lowest BCUT2D eigenvalue weighted by Crippen LogP contribution is -2.40. The lowest BCUT2D eigenvalue weighted by atomic mass is 9.95. The zero-order valence-corrected chi connectivity index (χ0v) is 14.2. The Bertz CT molecular complexity index is 448. The highest BCUT2D eigenvalue weighted by molar-refractivity contribution is 5.31. The second-order valence-corrected chi connectivity index (χ2v) is 6.81. The van der Waals surface area contributed by atoms with E-state index < -0.39 is 0 Å². The fraction of sp³-hybridized carbons (Fsp3) is 0.684. The van der Waals surface area contributed by atoms with Crippen molar-refractivity contribution in [1.82, 2.24) is 4.90 Å². The minimum atomic E-state index is 0.677. The summed E-state index contributed by atoms with van der Waals surface area (Å²) in [4.78, 5) is 2.61. The van der Waals surface area contributed by atoms with Crippen molar-refractivity contribution in [2.75, 3.05) is 46.6 Å². The highest BCUT2D eigenvalue weighted by Gasteiger charge is 2.23. The number of nitrogens with zero attached hydrogens (tertiary/aromatic N) is 1. The van der Waals surface area contributed by atoms with Crippen molar-refractivity contribution in [3.8, 4) is 11.5 Å². The molecular weight excluding hydrogens is 290 g/mol. The molecule has 0 aliphatic carbocycles. The molecule has 4 nitrogen and oxygen atoms in total. The monoisotopic (exact) mass is 319 g/mol. The molecule has 0 bridgehead atoms. The summed E-state index contributed by atoms with van der Waals surface area (Å²) in [6.07, 6.45) is 5.05. The van der Waals surface area contributed by atoms with Crippen LogP contribution in [-0.2, 0) is 4.74 Å². The molecule has 2 aliphatic rings. The molecule has 128 valence electrons. The van der Waals surface area contributed by atoms with Crippen molar-refractivity contribution in [3.63, 3.8) is 0 Å². The molecule has 0 radical (unpaired) electrons. The van der Waals surface area contributed by atoms with Gasteiger partial charge in [-0.05, 0) is 74.9 Å². The number of rotatable bonds is 6. The number of hydrogen-bond acceptors (Lipinski definition) is 4. The third kappa shape index (κ3) is 5.11. The van der Waals surface area contributed by atoms with E-state index >= 15 is 0 Å². The molecule has 0 N–H and O–H groups in total. The van der Waals surface area contributed by atoms with E-state index in [9.17, 15) is 0 Å². The first-order valence-electron chi connectivity index (χ1n) is 8.90. The maximum atomic E-state index is 5.94. The number of likely N-dealkylation sites (tertiary alicyclic amines) is 1. The maximum absolute atomic E-state index is 5.94. The summed E-state index contributed by atoms with van der Waals surface area (Å²) in [5, 5.41) is 0. The second-order valence-electron chi connectivity index (χ2n) is 6.81. The Balaban J connectivity index is 1.35. The smallest absolute Gasteiger partial charge is 0.119 e. The largest absolute Gasteiger partial charge is 0.497 e. The highest BCUT2D eigenvalue weighted by atomic mass is 16.5. The van der Waals surface area contributed by atoms with Crippen molar-refractivity contribution in [2.45, 2.75) is 25.7 Å². The zero-order valence-electron chi connectivity index (χ0n) is 14.2. The van der Waals surface area contributed by atoms with E-state index in [-0.39, 0.29) is 0 Å². The summed E-state index contributed by atoms with van der Waals surface area (Å²) in [5.41, 5.74) is 0. The number of hydrogen-bond donors (Lipinski definition) is 0. The van der Waals surface area contributed by atoms with Gasteiger partial charge in [0.05, 0.1) is 20.3 Å². The van der Waals surface area contributed by atoms with E-state index in [1.165, 1.54) is 45.3 Å². The van der Waals surface area contributed by atoms with Crippen LogP contribution in [0.3, 0.4) is 0 Å². The Labute approximate surface area is 139 Å². The van der Waals surface area contributed by atoms with Gasteiger partial charge in [0.1, 0.15) is 11.5 Å². The molecule has 0 saturated carbocycles. The number of methoxy groups -OCH3 is 1. The van der Waals surface area contributed by atoms with E-state index in [0.29, 0.717) is 5.92 Å². The molecule has 1 aromatic rings. The molecule has 0 amide bonds. The van der Waals surface area contributed by atoms with E-state index in [0.717, 1.165) is 37.2 Å². The Morgan fingerprint density at radius 1 is 1.04 bits per heavy atom. The molecule has 2 saturated heterocycles. The average Bonchev–Trinajstić information content (AvgIpc) is 2.62. The molecule has 1 aromatic carbocycles. The third-order valence-electron chi connectivity index (χ3n) is 5.02. The molecule has 2 aliphatic heterocycles. The van der Waals surface area contributed by atoms with Crippen molar-refractivity contribution >= 4 is 0 Å². The van der Waals surface area contributed by atoms with Crippen molar-refractivity contribution in [3.05, 3.63) is 24.3 Å². The normalized spacial score (nSPS) is 23.6. The van der Waals surface area contributed by atoms with Crippen LogP contribution in [0.1, 0.15) is 25.7 Å². The van der Waals surface area contributed by atoms with Gasteiger partial charge in [-0.1, -0.05) is 0 Å². The first-order valence-corrected chi connectivity index (χ1v) is 8.90. The molecular formula is C19H29NO3. The summed E-state index contributed by atoms with van der Waals surface area (Å²) in [5.74, 6) is 3.23. The van der Waals surface area contributed by atoms with Crippen LogP contribution in [0.15, 0.2) is 24.3 Å². The molecule has 0 spiro atoms. The van der Waals surface area contributed by atoms with Gasteiger partial charge in [-0.25, -0.2) is 0 Å². The summed E-state index contributed by atoms with van der Waals surface area (Å²) in [6.45, 7) is 6.36. The van der Waals surface area contributed by atoms with Gasteiger partial charge >= 0.3 is 0 Å². The topological polar surface area (TPSA) is 30.9 Å². The van der Waals surface area contributed by atoms with Crippen LogP contribution in [-0.4, -0.2) is 51.5 Å². The minimum absolute atomic E-state index is 0.677. The van der Waals surface area contributed by atoms with Crippen LogP contribution >= 0.6 is 0 Å². The van der Waals surface area contributed by atoms with Crippen LogP contribution in [0.25, 0.3) is 0 Å². The molecule has 2 heterocycles. The van der Waals surface area contributed by atoms with Crippen LogP contribution in [0.2, 0.25) is 0 Å². The molecule has 0 aromatic heterocycles. The van der Waals surface area contributed by atoms with Gasteiger partial charge in [0.15, 0.2) is 0 Å². The molecule has 2 fully saturated rings. The summed E-state index contributed by atoms with van der Waals surface area (Å²) in [7, 11) is 1.68. The van der Waals surface area contributed by atoms with Gasteiger partial charge < -0.3 is 19.1 Å². The van der Waals surface area contributed by atoms with Crippen LogP contribution in [0.5, 0.6) is 11.5 Å². The van der Waals surface area contributed by atoms with Gasteiger partial charge in [0.2, 0.25) is 0 Å². The molecule has 4 heteroatoms. The zero-order chi connectivity index (χ0) is 15.9. The van der Waals surface area contributed by atoms with Crippen molar-refractivity contribution < 1.29 is 14.2 Å². The Hall–Kier alpha value is -1.26. The predicted molar refractivity (Wildman–Crippen MR) is 91.2 cm³/mol. The fourth-order valence-electron chi connectivity index (χ4n) is 3.54. The van der Waals surface area contributed by atoms with Gasteiger partial charge in [-0.15, -0.1) is 0 Å². The fourth-order valence-corrected chi connectivity index (χ4v) is 3.54. The third-order valence-corrected chi connectivity index (χ3v) is 5.02. The van der Waals surface area contributed by atoms with E-state index in [1.54, 1.807) is 7.11 Å². The molecule has 1 atom stereocenters. The Kier molecular flexibility index (Phi) is 6.17. The Morgan fingerprint density at radius 2 is 1.78 bits per heavy atom. The summed E-state index contributed by atoms with van der Waals surface area (Å²) < 4.78 is 16.7. The highest BCUT2D eigenvalue weighted by Crippen LogP contribution is 2.23. The quantitative estimate of drug-likeness (QED) is 0.805. The number of ether oxygens (including phenoxy) is 3. The summed E-state index contributed by atoms with van der Waals surface area (Å²) >= 11 is 0. The van der Waals surface area contributed by atoms with E-state index in [2.05, 4.69) is 4.90 Å². The predicted octanol–water partition coefficient (Wildman–Crippen LogP) is 3.21. The standard InChI is InChI=1S/C19H29NO3/c1-21-18-4-6-19(7-5-18)23-15-16-8-10-20(11-9-16)13-17-3-2-12-22-14-17/h4-7,16-17H,2-3,8-15H2,1H3/t17-/m0/s1. The van der Waals surface area contributed by atoms with Gasteiger partial charge in [0, 0.05) is 13.2 Å². The van der Waals surface area contributed by atoms with Gasteiger partial charge in [-0.2, -0.15) is 0 Å². The number of benzene rings is 1. The first-order chi connectivity index (χ1) is 11.3. The lowest BCUT2D eigenvalue weighted by molar-refractivity contribution is 0.0307. The number of piperidine rings is 1. The first kappa shape index (κ1) is 16.6. The van der Waals surface area contributed by atoms with E-state index in [1.807, 2.05) is 24.3 Å². The van der Waals surface area contributed by atoms with Crippen LogP contribution < -0.4 is 9.47 Å². The van der Waals surface area contributed by atoms with Gasteiger partial charge in [-0.3, -0.25) is 0 Å².